The number of hydrogen-bond acceptors (Lipinski definition) is 5. The highest BCUT2D eigenvalue weighted by atomic mass is 32.1. The molecule has 25 heavy (non-hydrogen) atoms. The zero-order chi connectivity index (χ0) is 18.0. The van der Waals surface area contributed by atoms with Gasteiger partial charge in [0.2, 0.25) is 5.91 Å². The Balaban J connectivity index is 1.73. The fourth-order valence-electron chi connectivity index (χ4n) is 2.75. The van der Waals surface area contributed by atoms with Gasteiger partial charge >= 0.3 is 5.97 Å². The van der Waals surface area contributed by atoms with Gasteiger partial charge in [-0.15, -0.1) is 11.3 Å². The molecule has 0 saturated heterocycles. The molecule has 0 saturated carbocycles. The summed E-state index contributed by atoms with van der Waals surface area (Å²) in [6, 6.07) is 5.77. The number of fused-ring (bicyclic) bond motifs is 1. The van der Waals surface area contributed by atoms with E-state index in [0.717, 1.165) is 29.7 Å². The molecule has 2 N–H and O–H groups in total. The molecule has 0 aliphatic heterocycles. The van der Waals surface area contributed by atoms with Gasteiger partial charge < -0.3 is 10.4 Å². The number of carbonyl (C=O) groups is 2. The minimum absolute atomic E-state index is 0.0270. The number of thiophene rings is 1. The molecule has 0 atom stereocenters. The standard InChI is InChI=1S/C17H14N2O5S/c20-14(9-6-10-4-7-11(8-5-10)19(23)24)18-16-15(17(21)22)12-2-1-3-13(12)25-16/h4-9H,1-3H2,(H,18,20)(H,21,22)/b9-6+. The molecular formula is C17H14N2O5S. The maximum Gasteiger partial charge on any atom is 0.339 e. The topological polar surface area (TPSA) is 110 Å². The van der Waals surface area contributed by atoms with Crippen molar-refractivity contribution in [2.45, 2.75) is 19.3 Å². The van der Waals surface area contributed by atoms with E-state index in [4.69, 9.17) is 0 Å². The van der Waals surface area contributed by atoms with Gasteiger partial charge in [-0.05, 0) is 48.6 Å². The molecule has 1 aliphatic rings. The lowest BCUT2D eigenvalue weighted by Crippen LogP contribution is -2.10. The second-order valence-corrected chi connectivity index (χ2v) is 6.64. The number of aromatic carboxylic acids is 1. The van der Waals surface area contributed by atoms with Crippen LogP contribution in [0.15, 0.2) is 30.3 Å². The van der Waals surface area contributed by atoms with Crippen LogP contribution in [-0.2, 0) is 17.6 Å². The Bertz CT molecular complexity index is 883. The van der Waals surface area contributed by atoms with Crippen LogP contribution in [0.1, 0.15) is 32.8 Å². The third-order valence-corrected chi connectivity index (χ3v) is 5.11. The van der Waals surface area contributed by atoms with E-state index in [9.17, 15) is 24.8 Å². The van der Waals surface area contributed by atoms with Gasteiger partial charge in [0, 0.05) is 23.1 Å². The number of carboxylic acids is 1. The van der Waals surface area contributed by atoms with Crippen molar-refractivity contribution in [2.75, 3.05) is 5.32 Å². The fourth-order valence-corrected chi connectivity index (χ4v) is 4.04. The van der Waals surface area contributed by atoms with E-state index in [0.29, 0.717) is 10.6 Å². The van der Waals surface area contributed by atoms with Crippen LogP contribution in [0, 0.1) is 10.1 Å². The van der Waals surface area contributed by atoms with Gasteiger partial charge in [-0.2, -0.15) is 0 Å². The van der Waals surface area contributed by atoms with Crippen LogP contribution in [0.4, 0.5) is 10.7 Å². The van der Waals surface area contributed by atoms with Crippen LogP contribution in [0.5, 0.6) is 0 Å². The van der Waals surface area contributed by atoms with E-state index >= 15 is 0 Å². The molecule has 1 aliphatic carbocycles. The average molecular weight is 358 g/mol. The number of nitrogens with one attached hydrogen (secondary N) is 1. The molecule has 0 bridgehead atoms. The predicted octanol–water partition coefficient (Wildman–Crippen LogP) is 3.50. The lowest BCUT2D eigenvalue weighted by Gasteiger charge is -2.02. The molecule has 2 aromatic rings. The normalized spacial score (nSPS) is 13.0. The molecule has 1 aromatic carbocycles. The monoisotopic (exact) mass is 358 g/mol. The number of nitro groups is 1. The summed E-state index contributed by atoms with van der Waals surface area (Å²) >= 11 is 1.31. The summed E-state index contributed by atoms with van der Waals surface area (Å²) in [5.41, 5.74) is 1.62. The van der Waals surface area contributed by atoms with E-state index in [1.807, 2.05) is 0 Å². The van der Waals surface area contributed by atoms with Gasteiger partial charge in [-0.1, -0.05) is 0 Å². The Hall–Kier alpha value is -3.00. The number of hydrogen-bond donors (Lipinski definition) is 2. The number of benzene rings is 1. The lowest BCUT2D eigenvalue weighted by molar-refractivity contribution is -0.384. The second-order valence-electron chi connectivity index (χ2n) is 5.54. The first-order chi connectivity index (χ1) is 12.0. The fraction of sp³-hybridized carbons (Fsp3) is 0.176. The van der Waals surface area contributed by atoms with Gasteiger partial charge in [-0.3, -0.25) is 14.9 Å². The highest BCUT2D eigenvalue weighted by Crippen LogP contribution is 2.39. The number of aryl methyl sites for hydroxylation is 1. The van der Waals surface area contributed by atoms with Gasteiger partial charge in [0.05, 0.1) is 10.5 Å². The van der Waals surface area contributed by atoms with Crippen LogP contribution in [0.25, 0.3) is 6.08 Å². The first kappa shape index (κ1) is 16.8. The number of anilines is 1. The van der Waals surface area contributed by atoms with Crippen LogP contribution in [0.3, 0.4) is 0 Å². The zero-order valence-electron chi connectivity index (χ0n) is 13.0. The molecule has 128 valence electrons. The smallest absolute Gasteiger partial charge is 0.339 e. The lowest BCUT2D eigenvalue weighted by atomic mass is 10.1. The SMILES string of the molecule is O=C(/C=C/c1ccc([N+](=O)[O-])cc1)Nc1sc2c(c1C(=O)O)CCC2. The molecule has 0 spiro atoms. The van der Waals surface area contributed by atoms with Crippen LogP contribution in [-0.4, -0.2) is 21.9 Å². The van der Waals surface area contributed by atoms with Gasteiger partial charge in [0.15, 0.2) is 0 Å². The summed E-state index contributed by atoms with van der Waals surface area (Å²) in [5, 5.41) is 23.0. The Kier molecular flexibility index (Phi) is 4.62. The maximum absolute atomic E-state index is 12.1. The quantitative estimate of drug-likeness (QED) is 0.483. The molecule has 0 unspecified atom stereocenters. The number of nitrogens with zero attached hydrogens (tertiary/aromatic N) is 1. The molecule has 0 radical (unpaired) electrons. The Labute approximate surface area is 146 Å². The molecule has 0 fully saturated rings. The van der Waals surface area contributed by atoms with E-state index in [1.54, 1.807) is 0 Å². The Morgan fingerprint density at radius 3 is 2.60 bits per heavy atom. The van der Waals surface area contributed by atoms with Crippen molar-refractivity contribution in [3.63, 3.8) is 0 Å². The third kappa shape index (κ3) is 3.58. The van der Waals surface area contributed by atoms with Crippen LogP contribution in [0.2, 0.25) is 0 Å². The van der Waals surface area contributed by atoms with Crippen molar-refractivity contribution in [3.05, 3.63) is 62.0 Å². The number of rotatable bonds is 5. The number of amides is 1. The average Bonchev–Trinajstić information content (AvgIpc) is 3.13. The van der Waals surface area contributed by atoms with Crippen LogP contribution >= 0.6 is 11.3 Å². The summed E-state index contributed by atoms with van der Waals surface area (Å²) in [6.07, 6.45) is 5.30. The van der Waals surface area contributed by atoms with Gasteiger partial charge in [0.1, 0.15) is 5.00 Å². The predicted molar refractivity (Wildman–Crippen MR) is 94.1 cm³/mol. The summed E-state index contributed by atoms with van der Waals surface area (Å²) in [7, 11) is 0. The van der Waals surface area contributed by atoms with Gasteiger partial charge in [-0.25, -0.2) is 4.79 Å². The molecule has 3 rings (SSSR count). The maximum atomic E-state index is 12.1. The summed E-state index contributed by atoms with van der Waals surface area (Å²) in [4.78, 5) is 34.7. The molecule has 7 nitrogen and oxygen atoms in total. The molecule has 8 heteroatoms. The Morgan fingerprint density at radius 2 is 1.96 bits per heavy atom. The second kappa shape index (κ2) is 6.86. The molecule has 1 heterocycles. The molecule has 1 aromatic heterocycles. The zero-order valence-corrected chi connectivity index (χ0v) is 13.8. The van der Waals surface area contributed by atoms with Crippen molar-refractivity contribution >= 4 is 40.0 Å². The number of carbonyl (C=O) groups excluding carboxylic acids is 1. The first-order valence-electron chi connectivity index (χ1n) is 7.57. The highest BCUT2D eigenvalue weighted by molar-refractivity contribution is 7.17. The summed E-state index contributed by atoms with van der Waals surface area (Å²) in [5.74, 6) is -1.48. The van der Waals surface area contributed by atoms with E-state index in [-0.39, 0.29) is 11.3 Å². The third-order valence-electron chi connectivity index (χ3n) is 3.90. The van der Waals surface area contributed by atoms with Crippen molar-refractivity contribution < 1.29 is 19.6 Å². The minimum Gasteiger partial charge on any atom is -0.478 e. The van der Waals surface area contributed by atoms with Crippen LogP contribution < -0.4 is 5.32 Å². The number of nitro benzene ring substituents is 1. The van der Waals surface area contributed by atoms with E-state index < -0.39 is 16.8 Å². The Morgan fingerprint density at radius 1 is 1.24 bits per heavy atom. The number of non-ortho nitro benzene ring substituents is 1. The first-order valence-corrected chi connectivity index (χ1v) is 8.38. The summed E-state index contributed by atoms with van der Waals surface area (Å²) in [6.45, 7) is 0. The number of carboxylic acid groups (broad SMARTS) is 1. The van der Waals surface area contributed by atoms with Crippen molar-refractivity contribution in [1.82, 2.24) is 0 Å². The van der Waals surface area contributed by atoms with Crippen molar-refractivity contribution in [3.8, 4) is 0 Å². The van der Waals surface area contributed by atoms with Crippen molar-refractivity contribution in [1.29, 1.82) is 0 Å². The van der Waals surface area contributed by atoms with E-state index in [1.165, 1.54) is 47.8 Å². The summed E-state index contributed by atoms with van der Waals surface area (Å²) < 4.78 is 0. The van der Waals surface area contributed by atoms with Gasteiger partial charge in [0.25, 0.3) is 5.69 Å². The van der Waals surface area contributed by atoms with Crippen molar-refractivity contribution in [2.24, 2.45) is 0 Å². The largest absolute Gasteiger partial charge is 0.478 e. The highest BCUT2D eigenvalue weighted by Gasteiger charge is 2.26. The minimum atomic E-state index is -1.03. The molecular weight excluding hydrogens is 344 g/mol. The van der Waals surface area contributed by atoms with E-state index in [2.05, 4.69) is 5.32 Å². The molecule has 1 amide bonds.